The highest BCUT2D eigenvalue weighted by Crippen LogP contribution is 2.03. The average molecular weight is 131 g/mol. The molecule has 4 heteroatoms. The maximum absolute atomic E-state index is 9.83. The van der Waals surface area contributed by atoms with Crippen molar-refractivity contribution in [2.75, 3.05) is 13.2 Å². The number of amides is 1. The fourth-order valence-electron chi connectivity index (χ4n) is 0.790. The van der Waals surface area contributed by atoms with Crippen LogP contribution in [0, 0.1) is 0 Å². The lowest BCUT2D eigenvalue weighted by molar-refractivity contribution is -0.110. The predicted molar refractivity (Wildman–Crippen MR) is 29.8 cm³/mol. The van der Waals surface area contributed by atoms with E-state index < -0.39 is 6.10 Å². The molecule has 0 spiro atoms. The Hall–Kier alpha value is -0.610. The summed E-state index contributed by atoms with van der Waals surface area (Å²) in [6, 6.07) is -0.206. The van der Waals surface area contributed by atoms with Crippen molar-refractivity contribution in [3.8, 4) is 0 Å². The number of nitrogens with one attached hydrogen (secondary N) is 1. The van der Waals surface area contributed by atoms with Gasteiger partial charge in [-0.25, -0.2) is 0 Å². The Morgan fingerprint density at radius 2 is 2.44 bits per heavy atom. The SMILES string of the molecule is O=CN[C@@H]1COC[C@H]1O. The molecule has 1 fully saturated rings. The monoisotopic (exact) mass is 131 g/mol. The second-order valence-electron chi connectivity index (χ2n) is 2.00. The van der Waals surface area contributed by atoms with Gasteiger partial charge in [0.05, 0.1) is 25.4 Å². The van der Waals surface area contributed by atoms with E-state index in [1.807, 2.05) is 0 Å². The molecule has 0 radical (unpaired) electrons. The highest BCUT2D eigenvalue weighted by atomic mass is 16.5. The molecule has 2 N–H and O–H groups in total. The van der Waals surface area contributed by atoms with Crippen molar-refractivity contribution in [3.05, 3.63) is 0 Å². The Morgan fingerprint density at radius 1 is 1.67 bits per heavy atom. The smallest absolute Gasteiger partial charge is 0.207 e. The standard InChI is InChI=1S/C5H9NO3/c7-3-6-4-1-9-2-5(4)8/h3-5,8H,1-2H2,(H,6,7)/t4-,5-/m1/s1. The number of carbonyl (C=O) groups excluding carboxylic acids is 1. The molecule has 1 rings (SSSR count). The lowest BCUT2D eigenvalue weighted by Crippen LogP contribution is -2.37. The summed E-state index contributed by atoms with van der Waals surface area (Å²) in [7, 11) is 0. The van der Waals surface area contributed by atoms with Crippen molar-refractivity contribution in [2.45, 2.75) is 12.1 Å². The molecule has 0 aromatic heterocycles. The fraction of sp³-hybridized carbons (Fsp3) is 0.800. The molecule has 1 aliphatic heterocycles. The molecule has 1 saturated heterocycles. The van der Waals surface area contributed by atoms with Crippen molar-refractivity contribution in [1.29, 1.82) is 0 Å². The van der Waals surface area contributed by atoms with Gasteiger partial charge in [0.15, 0.2) is 0 Å². The third-order valence-electron chi connectivity index (χ3n) is 1.33. The summed E-state index contributed by atoms with van der Waals surface area (Å²) < 4.78 is 4.85. The molecule has 0 aliphatic carbocycles. The van der Waals surface area contributed by atoms with E-state index in [-0.39, 0.29) is 6.04 Å². The van der Waals surface area contributed by atoms with Crippen molar-refractivity contribution in [1.82, 2.24) is 5.32 Å². The van der Waals surface area contributed by atoms with Crippen LogP contribution in [0.15, 0.2) is 0 Å². The van der Waals surface area contributed by atoms with Crippen LogP contribution in [0.2, 0.25) is 0 Å². The van der Waals surface area contributed by atoms with Gasteiger partial charge >= 0.3 is 0 Å². The zero-order chi connectivity index (χ0) is 6.69. The van der Waals surface area contributed by atoms with Crippen LogP contribution in [0.25, 0.3) is 0 Å². The highest BCUT2D eigenvalue weighted by molar-refractivity contribution is 5.46. The summed E-state index contributed by atoms with van der Waals surface area (Å²) >= 11 is 0. The molecule has 9 heavy (non-hydrogen) atoms. The Bertz CT molecular complexity index is 106. The molecule has 2 atom stereocenters. The predicted octanol–water partition coefficient (Wildman–Crippen LogP) is -1.51. The van der Waals surface area contributed by atoms with Gasteiger partial charge < -0.3 is 15.2 Å². The number of aliphatic hydroxyl groups excluding tert-OH is 1. The molecule has 0 aromatic rings. The van der Waals surface area contributed by atoms with Crippen LogP contribution in [0.4, 0.5) is 0 Å². The van der Waals surface area contributed by atoms with Crippen LogP contribution in [0.1, 0.15) is 0 Å². The van der Waals surface area contributed by atoms with Crippen molar-refractivity contribution in [3.63, 3.8) is 0 Å². The second kappa shape index (κ2) is 2.80. The van der Waals surface area contributed by atoms with E-state index in [4.69, 9.17) is 9.84 Å². The molecule has 1 heterocycles. The largest absolute Gasteiger partial charge is 0.388 e. The van der Waals surface area contributed by atoms with Crippen molar-refractivity contribution >= 4 is 6.41 Å². The number of carbonyl (C=O) groups is 1. The van der Waals surface area contributed by atoms with E-state index in [0.717, 1.165) is 0 Å². The first-order valence-corrected chi connectivity index (χ1v) is 2.80. The zero-order valence-electron chi connectivity index (χ0n) is 4.91. The Labute approximate surface area is 52.8 Å². The normalized spacial score (nSPS) is 34.3. The lowest BCUT2D eigenvalue weighted by Gasteiger charge is -2.08. The maximum Gasteiger partial charge on any atom is 0.207 e. The zero-order valence-corrected chi connectivity index (χ0v) is 4.91. The van der Waals surface area contributed by atoms with Gasteiger partial charge in [0, 0.05) is 0 Å². The van der Waals surface area contributed by atoms with E-state index in [0.29, 0.717) is 19.6 Å². The van der Waals surface area contributed by atoms with Gasteiger partial charge in [-0.1, -0.05) is 0 Å². The lowest BCUT2D eigenvalue weighted by atomic mass is 10.2. The van der Waals surface area contributed by atoms with Crippen LogP contribution in [0.3, 0.4) is 0 Å². The first-order valence-electron chi connectivity index (χ1n) is 2.80. The summed E-state index contributed by atoms with van der Waals surface area (Å²) in [5, 5.41) is 11.4. The average Bonchev–Trinajstić information content (AvgIpc) is 2.18. The summed E-state index contributed by atoms with van der Waals surface area (Å²) in [5.41, 5.74) is 0. The van der Waals surface area contributed by atoms with Crippen molar-refractivity contribution < 1.29 is 14.6 Å². The molecule has 0 unspecified atom stereocenters. The second-order valence-corrected chi connectivity index (χ2v) is 2.00. The van der Waals surface area contributed by atoms with Crippen LogP contribution >= 0.6 is 0 Å². The Balaban J connectivity index is 2.30. The van der Waals surface area contributed by atoms with Crippen molar-refractivity contribution in [2.24, 2.45) is 0 Å². The molecular weight excluding hydrogens is 122 g/mol. The quantitative estimate of drug-likeness (QED) is 0.448. The van der Waals surface area contributed by atoms with Crippen LogP contribution in [-0.4, -0.2) is 36.9 Å². The molecule has 1 amide bonds. The minimum absolute atomic E-state index is 0.206. The highest BCUT2D eigenvalue weighted by Gasteiger charge is 2.24. The Morgan fingerprint density at radius 3 is 2.89 bits per heavy atom. The maximum atomic E-state index is 9.83. The van der Waals surface area contributed by atoms with Crippen LogP contribution in [0.5, 0.6) is 0 Å². The topological polar surface area (TPSA) is 58.6 Å². The van der Waals surface area contributed by atoms with Gasteiger partial charge in [-0.2, -0.15) is 0 Å². The summed E-state index contributed by atoms with van der Waals surface area (Å²) in [6.07, 6.45) is 0.0398. The molecule has 1 aliphatic rings. The number of hydrogen-bond donors (Lipinski definition) is 2. The molecule has 0 aromatic carbocycles. The summed E-state index contributed by atoms with van der Waals surface area (Å²) in [5.74, 6) is 0. The first kappa shape index (κ1) is 6.51. The van der Waals surface area contributed by atoms with Gasteiger partial charge in [0.25, 0.3) is 0 Å². The number of aliphatic hydroxyl groups is 1. The number of rotatable bonds is 2. The van der Waals surface area contributed by atoms with E-state index in [1.54, 1.807) is 0 Å². The van der Waals surface area contributed by atoms with E-state index in [2.05, 4.69) is 5.32 Å². The fourth-order valence-corrected chi connectivity index (χ4v) is 0.790. The molecular formula is C5H9NO3. The first-order chi connectivity index (χ1) is 4.34. The number of ether oxygens (including phenoxy) is 1. The van der Waals surface area contributed by atoms with Gasteiger partial charge in [-0.05, 0) is 0 Å². The van der Waals surface area contributed by atoms with Gasteiger partial charge in [-0.15, -0.1) is 0 Å². The molecule has 0 bridgehead atoms. The molecule has 52 valence electrons. The van der Waals surface area contributed by atoms with Crippen LogP contribution in [-0.2, 0) is 9.53 Å². The minimum atomic E-state index is -0.532. The van der Waals surface area contributed by atoms with Gasteiger partial charge in [0.1, 0.15) is 0 Å². The Kier molecular flexibility index (Phi) is 2.02. The van der Waals surface area contributed by atoms with E-state index >= 15 is 0 Å². The van der Waals surface area contributed by atoms with Crippen LogP contribution < -0.4 is 5.32 Å². The third kappa shape index (κ3) is 1.40. The minimum Gasteiger partial charge on any atom is -0.388 e. The van der Waals surface area contributed by atoms with Gasteiger partial charge in [-0.3, -0.25) is 4.79 Å². The number of hydrogen-bond acceptors (Lipinski definition) is 3. The third-order valence-corrected chi connectivity index (χ3v) is 1.33. The van der Waals surface area contributed by atoms with E-state index in [1.165, 1.54) is 0 Å². The summed E-state index contributed by atoms with van der Waals surface area (Å²) in [4.78, 5) is 9.83. The van der Waals surface area contributed by atoms with E-state index in [9.17, 15) is 4.79 Å². The summed E-state index contributed by atoms with van der Waals surface area (Å²) in [6.45, 7) is 0.741. The van der Waals surface area contributed by atoms with Gasteiger partial charge in [0.2, 0.25) is 6.41 Å². The molecule has 0 saturated carbocycles. The molecule has 4 nitrogen and oxygen atoms in total.